The molecule has 0 aromatic rings. The Labute approximate surface area is 81.4 Å². The zero-order valence-electron chi connectivity index (χ0n) is 8.78. The van der Waals surface area contributed by atoms with Crippen LogP contribution in [0.3, 0.4) is 0 Å². The Hall–Kier alpha value is -0.360. The van der Waals surface area contributed by atoms with Gasteiger partial charge in [0.05, 0.1) is 12.6 Å². The van der Waals surface area contributed by atoms with Crippen LogP contribution in [0.5, 0.6) is 0 Å². The van der Waals surface area contributed by atoms with Crippen molar-refractivity contribution in [3.63, 3.8) is 0 Å². The van der Waals surface area contributed by atoms with Gasteiger partial charge in [-0.3, -0.25) is 0 Å². The second-order valence-electron chi connectivity index (χ2n) is 2.68. The topological polar surface area (TPSA) is 35.2 Å². The van der Waals surface area contributed by atoms with E-state index in [1.165, 1.54) is 0 Å². The summed E-state index contributed by atoms with van der Waals surface area (Å²) in [6.45, 7) is 4.15. The Bertz CT molecular complexity index is 141. The third-order valence-electron chi connectivity index (χ3n) is 1.17. The maximum Gasteiger partial charge on any atom is 0.352 e. The molecule has 6 heteroatoms. The smallest absolute Gasteiger partial charge is 0.321 e. The van der Waals surface area contributed by atoms with E-state index in [0.717, 1.165) is 0 Å². The van der Waals surface area contributed by atoms with Gasteiger partial charge in [0.25, 0.3) is 5.92 Å². The fourth-order valence-corrected chi connectivity index (χ4v) is 0.382. The predicted octanol–water partition coefficient (Wildman–Crippen LogP) is 2.62. The molecule has 1 atom stereocenters. The second kappa shape index (κ2) is 6.19. The van der Waals surface area contributed by atoms with Gasteiger partial charge in [0, 0.05) is 13.8 Å². The Balaban J connectivity index is 0. The molecule has 0 aliphatic carbocycles. The minimum atomic E-state index is -3.41. The highest BCUT2D eigenvalue weighted by Gasteiger charge is 2.33. The molecule has 0 spiro atoms. The van der Waals surface area contributed by atoms with Gasteiger partial charge >= 0.3 is 6.11 Å². The number of hydrogen-bond acceptors (Lipinski definition) is 2. The molecular formula is C8H17F4NO. The molecule has 14 heavy (non-hydrogen) atoms. The lowest BCUT2D eigenvalue weighted by atomic mass is 10.2. The first-order chi connectivity index (χ1) is 6.13. The standard InChI is InChI=1S/C6H11F4NO.C2H6/c1-5(7,8)4(11)3-12-6(2,9)10;1-2/h4H,3,11H2,1-2H3;1-2H3. The number of alkyl halides is 4. The number of halogens is 4. The van der Waals surface area contributed by atoms with Crippen LogP contribution in [0.1, 0.15) is 27.7 Å². The highest BCUT2D eigenvalue weighted by Crippen LogP contribution is 2.19. The molecule has 0 saturated heterocycles. The SMILES string of the molecule is CC.CC(F)(F)OCC(N)C(C)(F)F. The van der Waals surface area contributed by atoms with Crippen LogP contribution >= 0.6 is 0 Å². The van der Waals surface area contributed by atoms with E-state index in [-0.39, 0.29) is 0 Å². The third kappa shape index (κ3) is 9.73. The molecule has 0 radical (unpaired) electrons. The van der Waals surface area contributed by atoms with Crippen molar-refractivity contribution in [1.29, 1.82) is 0 Å². The molecule has 0 amide bonds. The van der Waals surface area contributed by atoms with Gasteiger partial charge in [-0.05, 0) is 0 Å². The fraction of sp³-hybridized carbons (Fsp3) is 1.00. The van der Waals surface area contributed by atoms with Crippen molar-refractivity contribution in [3.8, 4) is 0 Å². The number of nitrogens with two attached hydrogens (primary N) is 1. The minimum absolute atomic E-state index is 0.466. The van der Waals surface area contributed by atoms with Crippen LogP contribution in [-0.4, -0.2) is 24.7 Å². The van der Waals surface area contributed by atoms with E-state index in [1.54, 1.807) is 0 Å². The predicted molar refractivity (Wildman–Crippen MR) is 46.5 cm³/mol. The van der Waals surface area contributed by atoms with Crippen molar-refractivity contribution in [2.24, 2.45) is 5.73 Å². The second-order valence-corrected chi connectivity index (χ2v) is 2.68. The van der Waals surface area contributed by atoms with Crippen molar-refractivity contribution >= 4 is 0 Å². The van der Waals surface area contributed by atoms with Crippen LogP contribution in [-0.2, 0) is 4.74 Å². The molecule has 0 rings (SSSR count). The summed E-state index contributed by atoms with van der Waals surface area (Å²) in [5, 5.41) is 0. The zero-order chi connectivity index (χ0) is 12.0. The molecule has 0 saturated carbocycles. The van der Waals surface area contributed by atoms with Gasteiger partial charge in [-0.2, -0.15) is 8.78 Å². The lowest BCUT2D eigenvalue weighted by Crippen LogP contribution is -2.43. The van der Waals surface area contributed by atoms with Crippen LogP contribution in [0.4, 0.5) is 17.6 Å². The van der Waals surface area contributed by atoms with E-state index in [4.69, 9.17) is 5.73 Å². The van der Waals surface area contributed by atoms with Crippen LogP contribution in [0.25, 0.3) is 0 Å². The van der Waals surface area contributed by atoms with E-state index >= 15 is 0 Å². The van der Waals surface area contributed by atoms with Crippen molar-refractivity contribution in [3.05, 3.63) is 0 Å². The van der Waals surface area contributed by atoms with Crippen LogP contribution in [0, 0.1) is 0 Å². The average molecular weight is 219 g/mol. The normalized spacial score (nSPS) is 14.4. The Morgan fingerprint density at radius 3 is 1.71 bits per heavy atom. The lowest BCUT2D eigenvalue weighted by molar-refractivity contribution is -0.233. The summed E-state index contributed by atoms with van der Waals surface area (Å²) >= 11 is 0. The van der Waals surface area contributed by atoms with E-state index in [0.29, 0.717) is 13.8 Å². The summed E-state index contributed by atoms with van der Waals surface area (Å²) < 4.78 is 52.2. The molecule has 2 N–H and O–H groups in total. The summed E-state index contributed by atoms with van der Waals surface area (Å²) in [4.78, 5) is 0. The van der Waals surface area contributed by atoms with E-state index < -0.39 is 24.7 Å². The van der Waals surface area contributed by atoms with Gasteiger partial charge in [-0.15, -0.1) is 0 Å². The Kier molecular flexibility index (Phi) is 7.11. The van der Waals surface area contributed by atoms with Crippen LogP contribution in [0.2, 0.25) is 0 Å². The van der Waals surface area contributed by atoms with Gasteiger partial charge in [0.15, 0.2) is 0 Å². The number of ether oxygens (including phenoxy) is 1. The van der Waals surface area contributed by atoms with Gasteiger partial charge in [-0.25, -0.2) is 8.78 Å². The molecular weight excluding hydrogens is 202 g/mol. The summed E-state index contributed by atoms with van der Waals surface area (Å²) in [5.41, 5.74) is 4.85. The average Bonchev–Trinajstić information content (AvgIpc) is 2.01. The van der Waals surface area contributed by atoms with Gasteiger partial charge < -0.3 is 10.5 Å². The van der Waals surface area contributed by atoms with Crippen LogP contribution in [0.15, 0.2) is 0 Å². The maximum atomic E-state index is 12.2. The summed E-state index contributed by atoms with van der Waals surface area (Å²) in [7, 11) is 0. The number of rotatable bonds is 4. The highest BCUT2D eigenvalue weighted by atomic mass is 19.3. The molecule has 0 aliphatic rings. The quantitative estimate of drug-likeness (QED) is 0.737. The molecule has 0 bridgehead atoms. The molecule has 0 aromatic heterocycles. The van der Waals surface area contributed by atoms with E-state index in [1.807, 2.05) is 13.8 Å². The van der Waals surface area contributed by atoms with Gasteiger partial charge in [-0.1, -0.05) is 13.8 Å². The summed E-state index contributed by atoms with van der Waals surface area (Å²) in [6, 6.07) is -1.71. The number of hydrogen-bond donors (Lipinski definition) is 1. The maximum absolute atomic E-state index is 12.2. The van der Waals surface area contributed by atoms with Crippen molar-refractivity contribution < 1.29 is 22.3 Å². The van der Waals surface area contributed by atoms with E-state index in [9.17, 15) is 17.6 Å². The molecule has 0 aliphatic heterocycles. The molecule has 0 aromatic carbocycles. The van der Waals surface area contributed by atoms with Gasteiger partial charge in [0.2, 0.25) is 0 Å². The first kappa shape index (κ1) is 16.1. The van der Waals surface area contributed by atoms with Crippen LogP contribution < -0.4 is 5.73 Å². The molecule has 88 valence electrons. The van der Waals surface area contributed by atoms with Crippen molar-refractivity contribution in [2.75, 3.05) is 6.61 Å². The van der Waals surface area contributed by atoms with Crippen molar-refractivity contribution in [1.82, 2.24) is 0 Å². The molecule has 1 unspecified atom stereocenters. The summed E-state index contributed by atoms with van der Waals surface area (Å²) in [5.74, 6) is -3.20. The zero-order valence-corrected chi connectivity index (χ0v) is 8.78. The molecule has 2 nitrogen and oxygen atoms in total. The summed E-state index contributed by atoms with van der Waals surface area (Å²) in [6.07, 6.45) is -3.41. The molecule has 0 fully saturated rings. The highest BCUT2D eigenvalue weighted by molar-refractivity contribution is 4.75. The largest absolute Gasteiger partial charge is 0.352 e. The van der Waals surface area contributed by atoms with E-state index in [2.05, 4.69) is 4.74 Å². The molecule has 0 heterocycles. The first-order valence-electron chi connectivity index (χ1n) is 4.28. The fourth-order valence-electron chi connectivity index (χ4n) is 0.382. The first-order valence-corrected chi connectivity index (χ1v) is 4.28. The third-order valence-corrected chi connectivity index (χ3v) is 1.17. The Morgan fingerprint density at radius 1 is 1.14 bits per heavy atom. The monoisotopic (exact) mass is 219 g/mol. The van der Waals surface area contributed by atoms with Gasteiger partial charge in [0.1, 0.15) is 0 Å². The van der Waals surface area contributed by atoms with Crippen molar-refractivity contribution in [2.45, 2.75) is 45.8 Å². The minimum Gasteiger partial charge on any atom is -0.321 e. The Morgan fingerprint density at radius 2 is 1.50 bits per heavy atom. The lowest BCUT2D eigenvalue weighted by Gasteiger charge is -2.20.